The molecule has 2 amide bonds. The van der Waals surface area contributed by atoms with Crippen LogP contribution < -0.4 is 20.1 Å². The van der Waals surface area contributed by atoms with Gasteiger partial charge in [-0.2, -0.15) is 8.75 Å². The summed E-state index contributed by atoms with van der Waals surface area (Å²) in [5, 5.41) is 7.72. The number of carbonyl (C=O) groups is 2. The van der Waals surface area contributed by atoms with Crippen LogP contribution in [0.3, 0.4) is 0 Å². The lowest BCUT2D eigenvalue weighted by Crippen LogP contribution is -2.15. The lowest BCUT2D eigenvalue weighted by Gasteiger charge is -2.04. The molecule has 2 N–H and O–H groups in total. The summed E-state index contributed by atoms with van der Waals surface area (Å²) >= 11 is 2.35. The van der Waals surface area contributed by atoms with Crippen molar-refractivity contribution >= 4 is 56.7 Å². The fourth-order valence-electron chi connectivity index (χ4n) is 2.92. The third-order valence-electron chi connectivity index (χ3n) is 4.31. The standard InChI is InChI=1S/C19H13N5O4S2/c25-16(21-12-2-1-3-13-17(12)24-30-23-13)7-11-8-29-19(20-11)22-18(26)10-4-5-14-15(6-10)28-9-27-14/h1-6,8H,7,9H2,(H,21,25)(H,20,22,26). The Bertz CT molecular complexity index is 1270. The Hall–Kier alpha value is -3.57. The van der Waals surface area contributed by atoms with Crippen LogP contribution in [0.5, 0.6) is 11.5 Å². The van der Waals surface area contributed by atoms with Crippen LogP contribution in [-0.4, -0.2) is 32.3 Å². The smallest absolute Gasteiger partial charge is 0.257 e. The Morgan fingerprint density at radius 1 is 1.07 bits per heavy atom. The molecular formula is C19H13N5O4S2. The van der Waals surface area contributed by atoms with Crippen LogP contribution in [-0.2, 0) is 11.2 Å². The van der Waals surface area contributed by atoms with Crippen molar-refractivity contribution in [1.82, 2.24) is 13.7 Å². The first-order chi connectivity index (χ1) is 14.7. The molecule has 3 heterocycles. The SMILES string of the molecule is O=C(Cc1csc(NC(=O)c2ccc3c(c2)OCO3)n1)Nc1cccc2nsnc12. The number of anilines is 2. The van der Waals surface area contributed by atoms with Crippen LogP contribution in [0.25, 0.3) is 11.0 Å². The topological polar surface area (TPSA) is 115 Å². The summed E-state index contributed by atoms with van der Waals surface area (Å²) in [5.41, 5.74) is 2.99. The minimum Gasteiger partial charge on any atom is -0.454 e. The van der Waals surface area contributed by atoms with Crippen molar-refractivity contribution in [2.24, 2.45) is 0 Å². The van der Waals surface area contributed by atoms with E-state index in [9.17, 15) is 9.59 Å². The minimum absolute atomic E-state index is 0.0738. The van der Waals surface area contributed by atoms with Gasteiger partial charge in [0.15, 0.2) is 16.6 Å². The Balaban J connectivity index is 1.22. The van der Waals surface area contributed by atoms with E-state index in [2.05, 4.69) is 24.4 Å². The highest BCUT2D eigenvalue weighted by molar-refractivity contribution is 7.14. The van der Waals surface area contributed by atoms with Crippen LogP contribution in [0.4, 0.5) is 10.8 Å². The maximum atomic E-state index is 12.5. The number of thiazole rings is 1. The third kappa shape index (κ3) is 3.67. The average Bonchev–Trinajstić information content (AvgIpc) is 3.48. The van der Waals surface area contributed by atoms with E-state index in [1.165, 1.54) is 11.3 Å². The molecule has 1 aliphatic heterocycles. The van der Waals surface area contributed by atoms with Gasteiger partial charge in [-0.15, -0.1) is 11.3 Å². The van der Waals surface area contributed by atoms with Crippen molar-refractivity contribution in [1.29, 1.82) is 0 Å². The Morgan fingerprint density at radius 3 is 2.90 bits per heavy atom. The number of aromatic nitrogens is 3. The molecule has 9 nitrogen and oxygen atoms in total. The number of amides is 2. The average molecular weight is 439 g/mol. The van der Waals surface area contributed by atoms with E-state index in [0.717, 1.165) is 17.2 Å². The van der Waals surface area contributed by atoms with Gasteiger partial charge in [0.05, 0.1) is 29.5 Å². The second-order valence-electron chi connectivity index (χ2n) is 6.33. The van der Waals surface area contributed by atoms with Gasteiger partial charge in [-0.3, -0.25) is 14.9 Å². The number of nitrogens with one attached hydrogen (secondary N) is 2. The molecular weight excluding hydrogens is 426 g/mol. The normalized spacial score (nSPS) is 12.1. The van der Waals surface area contributed by atoms with Gasteiger partial charge in [-0.05, 0) is 30.3 Å². The summed E-state index contributed by atoms with van der Waals surface area (Å²) in [6.07, 6.45) is 0.0738. The fourth-order valence-corrected chi connectivity index (χ4v) is 4.17. The van der Waals surface area contributed by atoms with Crippen molar-refractivity contribution in [3.05, 3.63) is 53.0 Å². The number of fused-ring (bicyclic) bond motifs is 2. The molecule has 5 rings (SSSR count). The van der Waals surface area contributed by atoms with Crippen molar-refractivity contribution in [2.45, 2.75) is 6.42 Å². The summed E-state index contributed by atoms with van der Waals surface area (Å²) in [6, 6.07) is 10.4. The van der Waals surface area contributed by atoms with Gasteiger partial charge < -0.3 is 14.8 Å². The molecule has 0 saturated carbocycles. The van der Waals surface area contributed by atoms with Crippen LogP contribution in [0.2, 0.25) is 0 Å². The van der Waals surface area contributed by atoms with E-state index in [-0.39, 0.29) is 25.0 Å². The summed E-state index contributed by atoms with van der Waals surface area (Å²) in [5.74, 6) is 0.596. The first-order valence-corrected chi connectivity index (χ1v) is 10.4. The van der Waals surface area contributed by atoms with Gasteiger partial charge in [0, 0.05) is 10.9 Å². The van der Waals surface area contributed by atoms with E-state index in [4.69, 9.17) is 9.47 Å². The Labute approximate surface area is 178 Å². The number of rotatable bonds is 5. The molecule has 0 atom stereocenters. The van der Waals surface area contributed by atoms with Crippen molar-refractivity contribution in [2.75, 3.05) is 17.4 Å². The van der Waals surface area contributed by atoms with Gasteiger partial charge in [0.2, 0.25) is 12.7 Å². The van der Waals surface area contributed by atoms with Crippen molar-refractivity contribution < 1.29 is 19.1 Å². The number of hydrogen-bond donors (Lipinski definition) is 2. The highest BCUT2D eigenvalue weighted by Crippen LogP contribution is 2.32. The summed E-state index contributed by atoms with van der Waals surface area (Å²) in [6.45, 7) is 0.145. The first kappa shape index (κ1) is 18.5. The number of nitrogens with zero attached hydrogens (tertiary/aromatic N) is 3. The highest BCUT2D eigenvalue weighted by Gasteiger charge is 2.17. The Kier molecular flexibility index (Phi) is 4.73. The zero-order chi connectivity index (χ0) is 20.5. The molecule has 0 unspecified atom stereocenters. The molecule has 30 heavy (non-hydrogen) atoms. The predicted molar refractivity (Wildman–Crippen MR) is 112 cm³/mol. The molecule has 150 valence electrons. The number of carbonyl (C=O) groups excluding carboxylic acids is 2. The predicted octanol–water partition coefficient (Wildman–Crippen LogP) is 3.31. The number of benzene rings is 2. The van der Waals surface area contributed by atoms with Crippen LogP contribution in [0.15, 0.2) is 41.8 Å². The molecule has 0 spiro atoms. The summed E-state index contributed by atoms with van der Waals surface area (Å²) < 4.78 is 18.9. The molecule has 11 heteroatoms. The lowest BCUT2D eigenvalue weighted by molar-refractivity contribution is -0.115. The highest BCUT2D eigenvalue weighted by atomic mass is 32.1. The van der Waals surface area contributed by atoms with Crippen LogP contribution >= 0.6 is 23.1 Å². The second-order valence-corrected chi connectivity index (χ2v) is 7.72. The minimum atomic E-state index is -0.318. The van der Waals surface area contributed by atoms with E-state index < -0.39 is 0 Å². The maximum Gasteiger partial charge on any atom is 0.257 e. The molecule has 0 radical (unpaired) electrons. The fraction of sp³-hybridized carbons (Fsp3) is 0.105. The van der Waals surface area contributed by atoms with Gasteiger partial charge >= 0.3 is 0 Å². The third-order valence-corrected chi connectivity index (χ3v) is 5.66. The van der Waals surface area contributed by atoms with E-state index >= 15 is 0 Å². The molecule has 1 aliphatic rings. The molecule has 2 aromatic carbocycles. The quantitative estimate of drug-likeness (QED) is 0.490. The van der Waals surface area contributed by atoms with Gasteiger partial charge in [-0.25, -0.2) is 4.98 Å². The van der Waals surface area contributed by atoms with Crippen LogP contribution in [0.1, 0.15) is 16.1 Å². The molecule has 4 aromatic rings. The van der Waals surface area contributed by atoms with Gasteiger partial charge in [0.25, 0.3) is 5.91 Å². The van der Waals surface area contributed by atoms with Crippen molar-refractivity contribution in [3.63, 3.8) is 0 Å². The summed E-state index contributed by atoms with van der Waals surface area (Å²) in [4.78, 5) is 29.2. The first-order valence-electron chi connectivity index (χ1n) is 8.82. The van der Waals surface area contributed by atoms with Gasteiger partial charge in [-0.1, -0.05) is 6.07 Å². The molecule has 0 fully saturated rings. The largest absolute Gasteiger partial charge is 0.454 e. The summed E-state index contributed by atoms with van der Waals surface area (Å²) in [7, 11) is 0. The lowest BCUT2D eigenvalue weighted by atomic mass is 10.2. The van der Waals surface area contributed by atoms with E-state index in [1.807, 2.05) is 12.1 Å². The zero-order valence-electron chi connectivity index (χ0n) is 15.2. The molecule has 2 aromatic heterocycles. The maximum absolute atomic E-state index is 12.5. The molecule has 0 saturated heterocycles. The molecule has 0 aliphatic carbocycles. The number of ether oxygens (including phenoxy) is 2. The zero-order valence-corrected chi connectivity index (χ0v) is 16.9. The molecule has 0 bridgehead atoms. The van der Waals surface area contributed by atoms with E-state index in [1.54, 1.807) is 29.6 Å². The van der Waals surface area contributed by atoms with E-state index in [0.29, 0.717) is 39.1 Å². The monoisotopic (exact) mass is 439 g/mol. The van der Waals surface area contributed by atoms with Crippen molar-refractivity contribution in [3.8, 4) is 11.5 Å². The van der Waals surface area contributed by atoms with Crippen LogP contribution in [0, 0.1) is 0 Å². The Morgan fingerprint density at radius 2 is 1.97 bits per heavy atom. The van der Waals surface area contributed by atoms with Gasteiger partial charge in [0.1, 0.15) is 11.0 Å². The second kappa shape index (κ2) is 7.69. The number of hydrogen-bond acceptors (Lipinski definition) is 9.